The van der Waals surface area contributed by atoms with E-state index in [1.807, 2.05) is 17.8 Å². The average Bonchev–Trinajstić information content (AvgIpc) is 2.47. The van der Waals surface area contributed by atoms with E-state index in [9.17, 15) is 0 Å². The molecule has 1 N–H and O–H groups in total. The van der Waals surface area contributed by atoms with E-state index in [-0.39, 0.29) is 5.54 Å². The zero-order chi connectivity index (χ0) is 10.8. The zero-order valence-corrected chi connectivity index (χ0v) is 9.70. The summed E-state index contributed by atoms with van der Waals surface area (Å²) in [6, 6.07) is 0. The Bertz CT molecular complexity index is 288. The van der Waals surface area contributed by atoms with Crippen LogP contribution in [0.25, 0.3) is 0 Å². The number of anilines is 1. The van der Waals surface area contributed by atoms with Crippen molar-refractivity contribution in [1.82, 2.24) is 14.5 Å². The topological polar surface area (TPSA) is 33.1 Å². The molecule has 1 rings (SSSR count). The van der Waals surface area contributed by atoms with Crippen LogP contribution in [0.1, 0.15) is 13.8 Å². The minimum atomic E-state index is 0.131. The summed E-state index contributed by atoms with van der Waals surface area (Å²) in [4.78, 5) is 6.41. The van der Waals surface area contributed by atoms with Crippen LogP contribution >= 0.6 is 0 Å². The molecule has 0 aliphatic carbocycles. The normalized spacial score (nSPS) is 12.1. The van der Waals surface area contributed by atoms with Crippen LogP contribution in [0.5, 0.6) is 0 Å². The fourth-order valence-corrected chi connectivity index (χ4v) is 0.989. The van der Waals surface area contributed by atoms with Crippen molar-refractivity contribution in [2.75, 3.05) is 26.0 Å². The molecule has 4 heteroatoms. The van der Waals surface area contributed by atoms with E-state index in [0.717, 1.165) is 12.5 Å². The Labute approximate surface area is 85.9 Å². The zero-order valence-electron chi connectivity index (χ0n) is 9.70. The molecule has 0 saturated carbocycles. The number of nitrogens with one attached hydrogen (secondary N) is 1. The molecule has 0 unspecified atom stereocenters. The van der Waals surface area contributed by atoms with Crippen molar-refractivity contribution in [1.29, 1.82) is 0 Å². The van der Waals surface area contributed by atoms with Gasteiger partial charge >= 0.3 is 0 Å². The monoisotopic (exact) mass is 196 g/mol. The van der Waals surface area contributed by atoms with Crippen molar-refractivity contribution in [3.8, 4) is 0 Å². The van der Waals surface area contributed by atoms with Crippen molar-refractivity contribution in [3.63, 3.8) is 0 Å². The first-order chi connectivity index (χ1) is 6.43. The molecule has 0 fully saturated rings. The Kier molecular flexibility index (Phi) is 3.16. The second kappa shape index (κ2) is 4.00. The number of nitrogens with zero attached hydrogens (tertiary/aromatic N) is 3. The Balaban J connectivity index is 2.53. The van der Waals surface area contributed by atoms with Gasteiger partial charge in [0.25, 0.3) is 0 Å². The van der Waals surface area contributed by atoms with Gasteiger partial charge in [0.15, 0.2) is 0 Å². The quantitative estimate of drug-likeness (QED) is 0.785. The number of imidazole rings is 1. The molecule has 0 radical (unpaired) electrons. The van der Waals surface area contributed by atoms with Crippen LogP contribution in [0.2, 0.25) is 0 Å². The molecular formula is C10H20N4. The smallest absolute Gasteiger partial charge is 0.202 e. The molecule has 1 aromatic heterocycles. The van der Waals surface area contributed by atoms with Gasteiger partial charge in [-0.2, -0.15) is 0 Å². The lowest BCUT2D eigenvalue weighted by molar-refractivity contribution is 0.209. The van der Waals surface area contributed by atoms with Gasteiger partial charge in [0.1, 0.15) is 0 Å². The predicted molar refractivity (Wildman–Crippen MR) is 59.5 cm³/mol. The third-order valence-corrected chi connectivity index (χ3v) is 2.71. The summed E-state index contributed by atoms with van der Waals surface area (Å²) in [7, 11) is 6.15. The average molecular weight is 196 g/mol. The van der Waals surface area contributed by atoms with E-state index < -0.39 is 0 Å². The maximum absolute atomic E-state index is 4.21. The second-order valence-electron chi connectivity index (χ2n) is 4.42. The van der Waals surface area contributed by atoms with Gasteiger partial charge in [-0.3, -0.25) is 0 Å². The van der Waals surface area contributed by atoms with Crippen molar-refractivity contribution < 1.29 is 0 Å². The molecule has 0 spiro atoms. The van der Waals surface area contributed by atoms with Crippen LogP contribution in [0.3, 0.4) is 0 Å². The summed E-state index contributed by atoms with van der Waals surface area (Å²) in [5, 5.41) is 3.32. The molecule has 14 heavy (non-hydrogen) atoms. The number of hydrogen-bond acceptors (Lipinski definition) is 3. The summed E-state index contributed by atoms with van der Waals surface area (Å²) in [5.41, 5.74) is 0.131. The maximum atomic E-state index is 4.21. The van der Waals surface area contributed by atoms with E-state index in [1.54, 1.807) is 6.20 Å². The van der Waals surface area contributed by atoms with Gasteiger partial charge in [-0.05, 0) is 27.9 Å². The minimum absolute atomic E-state index is 0.131. The van der Waals surface area contributed by atoms with E-state index >= 15 is 0 Å². The highest BCUT2D eigenvalue weighted by Gasteiger charge is 2.20. The first-order valence-corrected chi connectivity index (χ1v) is 4.82. The molecule has 4 nitrogen and oxygen atoms in total. The van der Waals surface area contributed by atoms with Crippen LogP contribution in [0.15, 0.2) is 12.4 Å². The number of aromatic nitrogens is 2. The maximum Gasteiger partial charge on any atom is 0.202 e. The number of hydrogen-bond donors (Lipinski definition) is 1. The Hall–Kier alpha value is -1.03. The van der Waals surface area contributed by atoms with Gasteiger partial charge in [0.05, 0.1) is 0 Å². The van der Waals surface area contributed by atoms with Crippen molar-refractivity contribution in [3.05, 3.63) is 12.4 Å². The van der Waals surface area contributed by atoms with Gasteiger partial charge < -0.3 is 14.8 Å². The van der Waals surface area contributed by atoms with Crippen molar-refractivity contribution in [2.24, 2.45) is 7.05 Å². The van der Waals surface area contributed by atoms with Gasteiger partial charge in [0, 0.05) is 31.5 Å². The van der Waals surface area contributed by atoms with Gasteiger partial charge in [0.2, 0.25) is 5.95 Å². The van der Waals surface area contributed by atoms with Crippen LogP contribution in [0, 0.1) is 0 Å². The Morgan fingerprint density at radius 1 is 1.50 bits per heavy atom. The van der Waals surface area contributed by atoms with Crippen molar-refractivity contribution in [2.45, 2.75) is 19.4 Å². The van der Waals surface area contributed by atoms with Crippen LogP contribution in [-0.2, 0) is 7.05 Å². The van der Waals surface area contributed by atoms with Gasteiger partial charge in [-0.1, -0.05) is 0 Å². The van der Waals surface area contributed by atoms with E-state index in [4.69, 9.17) is 0 Å². The van der Waals surface area contributed by atoms with Gasteiger partial charge in [-0.15, -0.1) is 0 Å². The molecule has 1 heterocycles. The summed E-state index contributed by atoms with van der Waals surface area (Å²) in [5.74, 6) is 0.917. The number of rotatable bonds is 4. The lowest BCUT2D eigenvalue weighted by atomic mass is 10.1. The molecule has 0 aromatic carbocycles. The standard InChI is InChI=1S/C10H20N4/c1-10(2,13(3)4)8-12-9-11-6-7-14(9)5/h6-7H,8H2,1-5H3,(H,11,12). The van der Waals surface area contributed by atoms with E-state index in [0.29, 0.717) is 0 Å². The fourth-order valence-electron chi connectivity index (χ4n) is 0.989. The molecular weight excluding hydrogens is 176 g/mol. The molecule has 0 atom stereocenters. The predicted octanol–water partition coefficient (Wildman–Crippen LogP) is 1.17. The lowest BCUT2D eigenvalue weighted by Crippen LogP contribution is -2.44. The molecule has 80 valence electrons. The van der Waals surface area contributed by atoms with E-state index in [2.05, 4.69) is 43.1 Å². The first kappa shape index (κ1) is 11.0. The number of likely N-dealkylation sites (N-methyl/N-ethyl adjacent to an activating group) is 1. The highest BCUT2D eigenvalue weighted by molar-refractivity contribution is 5.26. The molecule has 1 aromatic rings. The summed E-state index contributed by atoms with van der Waals surface area (Å²) in [6.07, 6.45) is 3.73. The lowest BCUT2D eigenvalue weighted by Gasteiger charge is -2.32. The summed E-state index contributed by atoms with van der Waals surface area (Å²) < 4.78 is 1.98. The molecule has 0 aliphatic rings. The largest absolute Gasteiger partial charge is 0.354 e. The Morgan fingerprint density at radius 2 is 2.14 bits per heavy atom. The van der Waals surface area contributed by atoms with Gasteiger partial charge in [-0.25, -0.2) is 4.98 Å². The summed E-state index contributed by atoms with van der Waals surface area (Å²) >= 11 is 0. The first-order valence-electron chi connectivity index (χ1n) is 4.82. The third-order valence-electron chi connectivity index (χ3n) is 2.71. The third kappa shape index (κ3) is 2.48. The van der Waals surface area contributed by atoms with Crippen LogP contribution in [0.4, 0.5) is 5.95 Å². The molecule has 0 saturated heterocycles. The molecule has 0 aliphatic heterocycles. The van der Waals surface area contributed by atoms with Crippen LogP contribution in [-0.4, -0.2) is 40.6 Å². The fraction of sp³-hybridized carbons (Fsp3) is 0.700. The minimum Gasteiger partial charge on any atom is -0.354 e. The van der Waals surface area contributed by atoms with Crippen molar-refractivity contribution >= 4 is 5.95 Å². The Morgan fingerprint density at radius 3 is 2.57 bits per heavy atom. The highest BCUT2D eigenvalue weighted by Crippen LogP contribution is 2.11. The van der Waals surface area contributed by atoms with E-state index in [1.165, 1.54) is 0 Å². The second-order valence-corrected chi connectivity index (χ2v) is 4.42. The SMILES string of the molecule is CN(C)C(C)(C)CNc1nccn1C. The summed E-state index contributed by atoms with van der Waals surface area (Å²) in [6.45, 7) is 5.27. The number of aryl methyl sites for hydroxylation is 1. The molecule has 0 amide bonds. The van der Waals surface area contributed by atoms with Crippen LogP contribution < -0.4 is 5.32 Å². The highest BCUT2D eigenvalue weighted by atomic mass is 15.2. The molecule has 0 bridgehead atoms.